The van der Waals surface area contributed by atoms with E-state index in [0.717, 1.165) is 12.8 Å². The molecule has 1 aliphatic heterocycles. The van der Waals surface area contributed by atoms with Gasteiger partial charge in [-0.2, -0.15) is 0 Å². The van der Waals surface area contributed by atoms with Gasteiger partial charge in [0.2, 0.25) is 5.88 Å². The lowest BCUT2D eigenvalue weighted by atomic mass is 10.1. The van der Waals surface area contributed by atoms with Crippen LogP contribution in [0.3, 0.4) is 0 Å². The minimum atomic E-state index is -0.114. The van der Waals surface area contributed by atoms with Gasteiger partial charge in [-0.15, -0.1) is 0 Å². The molecule has 6 nitrogen and oxygen atoms in total. The van der Waals surface area contributed by atoms with Crippen molar-refractivity contribution < 1.29 is 18.7 Å². The van der Waals surface area contributed by atoms with Crippen LogP contribution in [0.2, 0.25) is 0 Å². The maximum Gasteiger partial charge on any atom is 0.257 e. The number of amides is 1. The van der Waals surface area contributed by atoms with Gasteiger partial charge < -0.3 is 18.8 Å². The molecule has 0 spiro atoms. The zero-order valence-corrected chi connectivity index (χ0v) is 13.6. The normalized spacial score (nSPS) is 26.2. The van der Waals surface area contributed by atoms with Crippen molar-refractivity contribution in [1.29, 1.82) is 0 Å². The minimum Gasteiger partial charge on any atom is -0.471 e. The van der Waals surface area contributed by atoms with E-state index < -0.39 is 0 Å². The summed E-state index contributed by atoms with van der Waals surface area (Å²) in [5, 5.41) is 0. The summed E-state index contributed by atoms with van der Waals surface area (Å²) < 4.78 is 17.2. The lowest BCUT2D eigenvalue weighted by Gasteiger charge is -2.38. The summed E-state index contributed by atoms with van der Waals surface area (Å²) in [6.07, 6.45) is 4.79. The van der Waals surface area contributed by atoms with Crippen LogP contribution in [-0.2, 0) is 4.74 Å². The van der Waals surface area contributed by atoms with E-state index in [1.165, 1.54) is 0 Å². The molecule has 2 aromatic heterocycles. The molecule has 1 saturated heterocycles. The van der Waals surface area contributed by atoms with Gasteiger partial charge >= 0.3 is 0 Å². The molecular weight excluding hydrogens is 308 g/mol. The highest BCUT2D eigenvalue weighted by Gasteiger charge is 2.46. The van der Waals surface area contributed by atoms with Gasteiger partial charge in [-0.05, 0) is 31.9 Å². The number of aryl methyl sites for hydroxylation is 1. The van der Waals surface area contributed by atoms with Gasteiger partial charge in [-0.3, -0.25) is 4.79 Å². The number of ether oxygens (including phenoxy) is 2. The quantitative estimate of drug-likeness (QED) is 0.866. The van der Waals surface area contributed by atoms with Crippen LogP contribution in [0.1, 0.15) is 29.0 Å². The molecule has 1 saturated carbocycles. The van der Waals surface area contributed by atoms with Crippen molar-refractivity contribution in [3.63, 3.8) is 0 Å². The SMILES string of the molecule is Cc1occc1C(=O)N1CCO[C@H]2[C@@H](Oc3ccccn3)CC[C@@H]21. The fourth-order valence-electron chi connectivity index (χ4n) is 3.63. The van der Waals surface area contributed by atoms with E-state index in [0.29, 0.717) is 30.4 Å². The van der Waals surface area contributed by atoms with Crippen LogP contribution in [0, 0.1) is 6.92 Å². The molecule has 2 aliphatic rings. The van der Waals surface area contributed by atoms with Crippen molar-refractivity contribution in [2.24, 2.45) is 0 Å². The predicted molar refractivity (Wildman–Crippen MR) is 85.9 cm³/mol. The Morgan fingerprint density at radius 3 is 3.00 bits per heavy atom. The molecular formula is C18H20N2O4. The molecule has 0 unspecified atom stereocenters. The summed E-state index contributed by atoms with van der Waals surface area (Å²) in [6.45, 7) is 2.93. The van der Waals surface area contributed by atoms with Gasteiger partial charge in [-0.25, -0.2) is 4.98 Å². The molecule has 0 aromatic carbocycles. The number of furan rings is 1. The standard InChI is InChI=1S/C18H20N2O4/c1-12-13(7-10-22-12)18(21)20-9-11-23-17-14(20)5-6-15(17)24-16-4-2-3-8-19-16/h2-4,7-8,10,14-15,17H,5-6,9,11H2,1H3/t14-,15-,17+/m0/s1. The van der Waals surface area contributed by atoms with E-state index in [-0.39, 0.29) is 24.2 Å². The van der Waals surface area contributed by atoms with Crippen molar-refractivity contribution in [2.75, 3.05) is 13.2 Å². The van der Waals surface area contributed by atoms with Crippen LogP contribution in [0.4, 0.5) is 0 Å². The highest BCUT2D eigenvalue weighted by Crippen LogP contribution is 2.33. The maximum atomic E-state index is 12.8. The molecule has 126 valence electrons. The van der Waals surface area contributed by atoms with Gasteiger partial charge in [-0.1, -0.05) is 6.07 Å². The Kier molecular flexibility index (Phi) is 3.98. The van der Waals surface area contributed by atoms with Crippen LogP contribution in [0.15, 0.2) is 41.1 Å². The molecule has 4 rings (SSSR count). The molecule has 2 aromatic rings. The average Bonchev–Trinajstić information content (AvgIpc) is 3.22. The number of hydrogen-bond acceptors (Lipinski definition) is 5. The van der Waals surface area contributed by atoms with E-state index in [4.69, 9.17) is 13.9 Å². The van der Waals surface area contributed by atoms with Crippen LogP contribution in [0.5, 0.6) is 5.88 Å². The summed E-state index contributed by atoms with van der Waals surface area (Å²) in [4.78, 5) is 19.0. The number of carbonyl (C=O) groups is 1. The molecule has 3 heterocycles. The zero-order valence-electron chi connectivity index (χ0n) is 13.6. The fourth-order valence-corrected chi connectivity index (χ4v) is 3.63. The smallest absolute Gasteiger partial charge is 0.257 e. The Bertz CT molecular complexity index is 715. The number of fused-ring (bicyclic) bond motifs is 1. The van der Waals surface area contributed by atoms with Gasteiger partial charge in [0.15, 0.2) is 0 Å². The summed E-state index contributed by atoms with van der Waals surface area (Å²) in [7, 11) is 0. The van der Waals surface area contributed by atoms with Crippen molar-refractivity contribution in [3.8, 4) is 5.88 Å². The second-order valence-electron chi connectivity index (χ2n) is 6.19. The first kappa shape index (κ1) is 15.2. The number of aromatic nitrogens is 1. The number of pyridine rings is 1. The van der Waals surface area contributed by atoms with E-state index in [1.807, 2.05) is 30.0 Å². The third-order valence-electron chi connectivity index (χ3n) is 4.80. The highest BCUT2D eigenvalue weighted by molar-refractivity contribution is 5.95. The molecule has 24 heavy (non-hydrogen) atoms. The van der Waals surface area contributed by atoms with Crippen LogP contribution in [0.25, 0.3) is 0 Å². The van der Waals surface area contributed by atoms with Gasteiger partial charge in [0.25, 0.3) is 5.91 Å². The van der Waals surface area contributed by atoms with E-state index in [1.54, 1.807) is 18.5 Å². The van der Waals surface area contributed by atoms with Crippen LogP contribution in [-0.4, -0.2) is 47.2 Å². The lowest BCUT2D eigenvalue weighted by molar-refractivity contribution is -0.0793. The Labute approximate surface area is 140 Å². The van der Waals surface area contributed by atoms with Gasteiger partial charge in [0.1, 0.15) is 18.0 Å². The number of nitrogens with zero attached hydrogens (tertiary/aromatic N) is 2. The Morgan fingerprint density at radius 1 is 1.33 bits per heavy atom. The largest absolute Gasteiger partial charge is 0.471 e. The minimum absolute atomic E-state index is 0.0121. The summed E-state index contributed by atoms with van der Waals surface area (Å²) >= 11 is 0. The maximum absolute atomic E-state index is 12.8. The second-order valence-corrected chi connectivity index (χ2v) is 6.19. The second kappa shape index (κ2) is 6.28. The predicted octanol–water partition coefficient (Wildman–Crippen LogP) is 2.43. The fraction of sp³-hybridized carbons (Fsp3) is 0.444. The molecule has 2 fully saturated rings. The Balaban J connectivity index is 1.50. The molecule has 6 heteroatoms. The number of hydrogen-bond donors (Lipinski definition) is 0. The third kappa shape index (κ3) is 2.67. The summed E-state index contributed by atoms with van der Waals surface area (Å²) in [5.74, 6) is 1.27. The number of rotatable bonds is 3. The summed E-state index contributed by atoms with van der Waals surface area (Å²) in [6, 6.07) is 7.37. The Hall–Kier alpha value is -2.34. The van der Waals surface area contributed by atoms with Gasteiger partial charge in [0.05, 0.1) is 24.5 Å². The molecule has 0 bridgehead atoms. The summed E-state index contributed by atoms with van der Waals surface area (Å²) in [5.41, 5.74) is 0.629. The van der Waals surface area contributed by atoms with Crippen molar-refractivity contribution >= 4 is 5.91 Å². The monoisotopic (exact) mass is 328 g/mol. The van der Waals surface area contributed by atoms with Crippen molar-refractivity contribution in [2.45, 2.75) is 38.0 Å². The zero-order chi connectivity index (χ0) is 16.5. The molecule has 0 radical (unpaired) electrons. The third-order valence-corrected chi connectivity index (χ3v) is 4.80. The molecule has 1 aliphatic carbocycles. The lowest BCUT2D eigenvalue weighted by Crippen LogP contribution is -2.54. The van der Waals surface area contributed by atoms with E-state index in [9.17, 15) is 4.79 Å². The first-order chi connectivity index (χ1) is 11.7. The highest BCUT2D eigenvalue weighted by atomic mass is 16.5. The molecule has 0 N–H and O–H groups in total. The molecule has 1 amide bonds. The molecule has 3 atom stereocenters. The van der Waals surface area contributed by atoms with Crippen LogP contribution < -0.4 is 4.74 Å². The van der Waals surface area contributed by atoms with E-state index >= 15 is 0 Å². The first-order valence-electron chi connectivity index (χ1n) is 8.28. The average molecular weight is 328 g/mol. The topological polar surface area (TPSA) is 64.8 Å². The van der Waals surface area contributed by atoms with Crippen molar-refractivity contribution in [1.82, 2.24) is 9.88 Å². The number of carbonyl (C=O) groups excluding carboxylic acids is 1. The van der Waals surface area contributed by atoms with E-state index in [2.05, 4.69) is 4.98 Å². The van der Waals surface area contributed by atoms with Crippen molar-refractivity contribution in [3.05, 3.63) is 48.0 Å². The van der Waals surface area contributed by atoms with Gasteiger partial charge in [0, 0.05) is 18.8 Å². The number of morpholine rings is 1. The van der Waals surface area contributed by atoms with Crippen LogP contribution >= 0.6 is 0 Å². The Morgan fingerprint density at radius 2 is 2.25 bits per heavy atom. The first-order valence-corrected chi connectivity index (χ1v) is 8.28.